The molecule has 0 amide bonds. The van der Waals surface area contributed by atoms with Crippen molar-refractivity contribution in [1.82, 2.24) is 4.90 Å². The number of nitrogens with zero attached hydrogens (tertiary/aromatic N) is 2. The Morgan fingerprint density at radius 1 is 0.944 bits per heavy atom. The van der Waals surface area contributed by atoms with Gasteiger partial charge in [0, 0.05) is 6.54 Å². The van der Waals surface area contributed by atoms with Gasteiger partial charge in [0.1, 0.15) is 6.04 Å². The Kier molecular flexibility index (Phi) is 2.84. The molecule has 0 aromatic heterocycles. The minimum absolute atomic E-state index is 0.0209. The van der Waals surface area contributed by atoms with Gasteiger partial charge >= 0.3 is 0 Å². The molecule has 0 spiro atoms. The average Bonchev–Trinajstić information content (AvgIpc) is 3.14. The first-order chi connectivity index (χ1) is 8.90. The Morgan fingerprint density at radius 2 is 1.56 bits per heavy atom. The molecule has 2 nitrogen and oxygen atoms in total. The minimum Gasteiger partial charge on any atom is -0.272 e. The summed E-state index contributed by atoms with van der Waals surface area (Å²) in [7, 11) is 0. The van der Waals surface area contributed by atoms with Crippen LogP contribution >= 0.6 is 0 Å². The SMILES string of the molecule is N#C[C@H]1[C@H](c2ccccc2)N1Cc1ccccc1. The van der Waals surface area contributed by atoms with Crippen molar-refractivity contribution >= 4 is 0 Å². The zero-order chi connectivity index (χ0) is 12.4. The van der Waals surface area contributed by atoms with E-state index in [0.717, 1.165) is 6.54 Å². The lowest BCUT2D eigenvalue weighted by Crippen LogP contribution is -2.00. The summed E-state index contributed by atoms with van der Waals surface area (Å²) in [4.78, 5) is 2.23. The molecule has 1 heterocycles. The third-order valence-electron chi connectivity index (χ3n) is 3.41. The topological polar surface area (TPSA) is 26.8 Å². The van der Waals surface area contributed by atoms with E-state index in [4.69, 9.17) is 0 Å². The molecule has 3 rings (SSSR count). The van der Waals surface area contributed by atoms with Crippen LogP contribution in [-0.2, 0) is 6.54 Å². The molecule has 1 saturated heterocycles. The van der Waals surface area contributed by atoms with Gasteiger partial charge in [-0.1, -0.05) is 60.7 Å². The first-order valence-electron chi connectivity index (χ1n) is 6.14. The molecule has 18 heavy (non-hydrogen) atoms. The lowest BCUT2D eigenvalue weighted by molar-refractivity contribution is 0.495. The second kappa shape index (κ2) is 4.64. The smallest absolute Gasteiger partial charge is 0.119 e. The normalized spacial score (nSPS) is 25.4. The fourth-order valence-corrected chi connectivity index (χ4v) is 2.44. The third kappa shape index (κ3) is 2.01. The molecular weight excluding hydrogens is 220 g/mol. The van der Waals surface area contributed by atoms with Crippen LogP contribution in [0.5, 0.6) is 0 Å². The van der Waals surface area contributed by atoms with Crippen LogP contribution in [0.25, 0.3) is 0 Å². The Hall–Kier alpha value is -2.11. The zero-order valence-corrected chi connectivity index (χ0v) is 10.0. The summed E-state index contributed by atoms with van der Waals surface area (Å²) >= 11 is 0. The Labute approximate surface area is 107 Å². The summed E-state index contributed by atoms with van der Waals surface area (Å²) in [6.07, 6.45) is 0. The van der Waals surface area contributed by atoms with E-state index < -0.39 is 0 Å². The van der Waals surface area contributed by atoms with Crippen molar-refractivity contribution in [3.63, 3.8) is 0 Å². The fraction of sp³-hybridized carbons (Fsp3) is 0.188. The first-order valence-corrected chi connectivity index (χ1v) is 6.14. The predicted octanol–water partition coefficient (Wildman–Crippen LogP) is 3.14. The van der Waals surface area contributed by atoms with Gasteiger partial charge in [-0.2, -0.15) is 5.26 Å². The average molecular weight is 234 g/mol. The summed E-state index contributed by atoms with van der Waals surface area (Å²) in [5.74, 6) is 0. The van der Waals surface area contributed by atoms with Crippen LogP contribution in [0.15, 0.2) is 60.7 Å². The maximum Gasteiger partial charge on any atom is 0.119 e. The Bertz CT molecular complexity index is 557. The standard InChI is InChI=1S/C16H14N2/c17-11-15-16(14-9-5-2-6-10-14)18(15)12-13-7-3-1-4-8-13/h1-10,15-16H,12H2/t15-,16-,18?/m0/s1. The van der Waals surface area contributed by atoms with Crippen LogP contribution in [0.4, 0.5) is 0 Å². The summed E-state index contributed by atoms with van der Waals surface area (Å²) in [6.45, 7) is 0.846. The zero-order valence-electron chi connectivity index (χ0n) is 10.0. The molecule has 0 radical (unpaired) electrons. The highest BCUT2D eigenvalue weighted by atomic mass is 15.3. The maximum absolute atomic E-state index is 9.19. The van der Waals surface area contributed by atoms with Gasteiger partial charge in [-0.3, -0.25) is 4.90 Å². The van der Waals surface area contributed by atoms with Crippen LogP contribution in [0.2, 0.25) is 0 Å². The lowest BCUT2D eigenvalue weighted by Gasteiger charge is -2.03. The number of rotatable bonds is 3. The maximum atomic E-state index is 9.19. The van der Waals surface area contributed by atoms with Gasteiger partial charge < -0.3 is 0 Å². The van der Waals surface area contributed by atoms with Gasteiger partial charge in [0.2, 0.25) is 0 Å². The van der Waals surface area contributed by atoms with Gasteiger partial charge in [-0.05, 0) is 11.1 Å². The molecular formula is C16H14N2. The molecule has 1 unspecified atom stereocenters. The molecule has 1 aliphatic heterocycles. The molecule has 3 atom stereocenters. The molecule has 2 heteroatoms. The van der Waals surface area contributed by atoms with E-state index in [1.807, 2.05) is 36.4 Å². The highest BCUT2D eigenvalue weighted by Gasteiger charge is 2.48. The molecule has 0 saturated carbocycles. The van der Waals surface area contributed by atoms with Gasteiger partial charge in [-0.25, -0.2) is 0 Å². The quantitative estimate of drug-likeness (QED) is 0.763. The van der Waals surface area contributed by atoms with Crippen molar-refractivity contribution in [2.45, 2.75) is 18.6 Å². The van der Waals surface area contributed by atoms with Crippen LogP contribution in [0, 0.1) is 11.3 Å². The molecule has 2 aromatic rings. The fourth-order valence-electron chi connectivity index (χ4n) is 2.44. The summed E-state index contributed by atoms with van der Waals surface area (Å²) in [5, 5.41) is 9.19. The van der Waals surface area contributed by atoms with Crippen molar-refractivity contribution in [2.75, 3.05) is 0 Å². The summed E-state index contributed by atoms with van der Waals surface area (Å²) in [6, 6.07) is 23.2. The van der Waals surface area contributed by atoms with Crippen molar-refractivity contribution in [2.24, 2.45) is 0 Å². The molecule has 0 bridgehead atoms. The molecule has 2 aromatic carbocycles. The van der Waals surface area contributed by atoms with E-state index in [2.05, 4.69) is 35.2 Å². The highest BCUT2D eigenvalue weighted by Crippen LogP contribution is 2.43. The van der Waals surface area contributed by atoms with E-state index in [1.165, 1.54) is 11.1 Å². The van der Waals surface area contributed by atoms with Crippen molar-refractivity contribution in [1.29, 1.82) is 5.26 Å². The van der Waals surface area contributed by atoms with E-state index >= 15 is 0 Å². The van der Waals surface area contributed by atoms with Crippen LogP contribution in [-0.4, -0.2) is 10.9 Å². The minimum atomic E-state index is 0.0209. The summed E-state index contributed by atoms with van der Waals surface area (Å²) < 4.78 is 0. The largest absolute Gasteiger partial charge is 0.272 e. The van der Waals surface area contributed by atoms with E-state index in [9.17, 15) is 5.26 Å². The molecule has 88 valence electrons. The molecule has 0 N–H and O–H groups in total. The van der Waals surface area contributed by atoms with Gasteiger partial charge in [0.25, 0.3) is 0 Å². The number of hydrogen-bond donors (Lipinski definition) is 0. The van der Waals surface area contributed by atoms with Gasteiger partial charge in [-0.15, -0.1) is 0 Å². The Balaban J connectivity index is 1.77. The van der Waals surface area contributed by atoms with Crippen LogP contribution < -0.4 is 0 Å². The number of benzene rings is 2. The highest BCUT2D eigenvalue weighted by molar-refractivity contribution is 5.32. The van der Waals surface area contributed by atoms with Gasteiger partial charge in [0.15, 0.2) is 0 Å². The van der Waals surface area contributed by atoms with Crippen LogP contribution in [0.1, 0.15) is 17.2 Å². The van der Waals surface area contributed by atoms with Gasteiger partial charge in [0.05, 0.1) is 12.1 Å². The predicted molar refractivity (Wildman–Crippen MR) is 70.6 cm³/mol. The second-order valence-electron chi connectivity index (χ2n) is 4.59. The first kappa shape index (κ1) is 11.0. The van der Waals surface area contributed by atoms with E-state index in [-0.39, 0.29) is 12.1 Å². The van der Waals surface area contributed by atoms with Crippen molar-refractivity contribution < 1.29 is 0 Å². The third-order valence-corrected chi connectivity index (χ3v) is 3.41. The number of hydrogen-bond acceptors (Lipinski definition) is 2. The monoisotopic (exact) mass is 234 g/mol. The van der Waals surface area contributed by atoms with Crippen molar-refractivity contribution in [3.05, 3.63) is 71.8 Å². The van der Waals surface area contributed by atoms with E-state index in [0.29, 0.717) is 0 Å². The van der Waals surface area contributed by atoms with Crippen molar-refractivity contribution in [3.8, 4) is 6.07 Å². The number of nitriles is 1. The molecule has 1 aliphatic rings. The lowest BCUT2D eigenvalue weighted by atomic mass is 10.1. The second-order valence-corrected chi connectivity index (χ2v) is 4.59. The van der Waals surface area contributed by atoms with Crippen LogP contribution in [0.3, 0.4) is 0 Å². The Morgan fingerprint density at radius 3 is 2.17 bits per heavy atom. The summed E-state index contributed by atoms with van der Waals surface area (Å²) in [5.41, 5.74) is 2.50. The van der Waals surface area contributed by atoms with E-state index in [1.54, 1.807) is 0 Å². The molecule has 0 aliphatic carbocycles. The molecule has 1 fully saturated rings.